The van der Waals surface area contributed by atoms with Crippen molar-refractivity contribution in [3.05, 3.63) is 29.6 Å². The molecule has 16 heavy (non-hydrogen) atoms. The van der Waals surface area contributed by atoms with Crippen molar-refractivity contribution in [1.29, 1.82) is 0 Å². The van der Waals surface area contributed by atoms with Gasteiger partial charge in [0.15, 0.2) is 0 Å². The number of pyridine rings is 1. The maximum absolute atomic E-state index is 11.5. The van der Waals surface area contributed by atoms with Gasteiger partial charge in [-0.3, -0.25) is 4.79 Å². The Morgan fingerprint density at radius 1 is 1.56 bits per heavy atom. The van der Waals surface area contributed by atoms with Crippen LogP contribution in [0, 0.1) is 12.3 Å². The summed E-state index contributed by atoms with van der Waals surface area (Å²) in [6, 6.07) is 3.67. The first kappa shape index (κ1) is 10.7. The first-order valence-corrected chi connectivity index (χ1v) is 5.06. The molecule has 4 heteroatoms. The maximum Gasteiger partial charge on any atom is 0.248 e. The Kier molecular flexibility index (Phi) is 3.18. The van der Waals surface area contributed by atoms with Crippen LogP contribution < -0.4 is 0 Å². The molecule has 0 saturated carbocycles. The average molecular weight is 216 g/mol. The van der Waals surface area contributed by atoms with Crippen LogP contribution >= 0.6 is 0 Å². The highest BCUT2D eigenvalue weighted by Crippen LogP contribution is 2.07. The molecule has 4 nitrogen and oxygen atoms in total. The van der Waals surface area contributed by atoms with Crippen molar-refractivity contribution in [2.24, 2.45) is 0 Å². The Morgan fingerprint density at radius 2 is 2.44 bits per heavy atom. The zero-order valence-corrected chi connectivity index (χ0v) is 8.85. The number of nitrogens with zero attached hydrogens (tertiary/aromatic N) is 2. The normalized spacial score (nSPS) is 15.9. The lowest BCUT2D eigenvalue weighted by Gasteiger charge is -2.26. The van der Waals surface area contributed by atoms with Gasteiger partial charge < -0.3 is 9.64 Å². The lowest BCUT2D eigenvalue weighted by molar-refractivity contribution is -0.143. The van der Waals surface area contributed by atoms with E-state index < -0.39 is 0 Å². The standard InChI is InChI=1S/C12H12N2O2/c1-2-11-4-3-10(7-13-11)8-14-5-6-16-9-12(14)15/h1,3-4,7H,5-6,8-9H2. The smallest absolute Gasteiger partial charge is 0.248 e. The molecule has 0 aromatic carbocycles. The summed E-state index contributed by atoms with van der Waals surface area (Å²) in [7, 11) is 0. The van der Waals surface area contributed by atoms with Gasteiger partial charge in [-0.05, 0) is 11.6 Å². The van der Waals surface area contributed by atoms with Gasteiger partial charge in [0.1, 0.15) is 12.3 Å². The minimum atomic E-state index is 0.0206. The molecular formula is C12H12N2O2. The van der Waals surface area contributed by atoms with E-state index in [0.29, 0.717) is 25.4 Å². The van der Waals surface area contributed by atoms with Crippen LogP contribution in [0.4, 0.5) is 0 Å². The molecule has 1 aliphatic heterocycles. The molecule has 82 valence electrons. The van der Waals surface area contributed by atoms with Crippen molar-refractivity contribution >= 4 is 5.91 Å². The van der Waals surface area contributed by atoms with Gasteiger partial charge in [0.05, 0.1) is 6.61 Å². The number of rotatable bonds is 2. The molecule has 0 atom stereocenters. The third-order valence-corrected chi connectivity index (χ3v) is 2.43. The summed E-state index contributed by atoms with van der Waals surface area (Å²) in [5, 5.41) is 0. The van der Waals surface area contributed by atoms with E-state index in [1.165, 1.54) is 0 Å². The first-order chi connectivity index (χ1) is 7.79. The summed E-state index contributed by atoms with van der Waals surface area (Å²) in [6.07, 6.45) is 6.92. The predicted molar refractivity (Wildman–Crippen MR) is 58.4 cm³/mol. The molecule has 1 aromatic rings. The van der Waals surface area contributed by atoms with Crippen molar-refractivity contribution in [3.8, 4) is 12.3 Å². The molecule has 0 unspecified atom stereocenters. The van der Waals surface area contributed by atoms with Crippen LogP contribution in [0.15, 0.2) is 18.3 Å². The molecule has 2 heterocycles. The number of morpholine rings is 1. The molecule has 2 rings (SSSR count). The van der Waals surface area contributed by atoms with Gasteiger partial charge in [-0.15, -0.1) is 6.42 Å². The Labute approximate surface area is 94.2 Å². The molecule has 1 saturated heterocycles. The van der Waals surface area contributed by atoms with Gasteiger partial charge in [0.2, 0.25) is 5.91 Å². The van der Waals surface area contributed by atoms with E-state index in [2.05, 4.69) is 10.9 Å². The molecule has 0 spiro atoms. The second-order valence-corrected chi connectivity index (χ2v) is 3.56. The van der Waals surface area contributed by atoms with E-state index in [1.807, 2.05) is 6.07 Å². The highest BCUT2D eigenvalue weighted by atomic mass is 16.5. The molecule has 0 N–H and O–H groups in total. The summed E-state index contributed by atoms with van der Waals surface area (Å²) >= 11 is 0. The van der Waals surface area contributed by atoms with E-state index in [9.17, 15) is 4.79 Å². The summed E-state index contributed by atoms with van der Waals surface area (Å²) in [5.74, 6) is 2.48. The summed E-state index contributed by atoms with van der Waals surface area (Å²) in [5.41, 5.74) is 1.59. The molecule has 1 aliphatic rings. The zero-order valence-electron chi connectivity index (χ0n) is 8.85. The number of aromatic nitrogens is 1. The van der Waals surface area contributed by atoms with E-state index in [1.54, 1.807) is 17.2 Å². The molecule has 0 bridgehead atoms. The third-order valence-electron chi connectivity index (χ3n) is 2.43. The minimum absolute atomic E-state index is 0.0206. The average Bonchev–Trinajstić information content (AvgIpc) is 2.33. The lowest BCUT2D eigenvalue weighted by Crippen LogP contribution is -2.40. The topological polar surface area (TPSA) is 42.4 Å². The minimum Gasteiger partial charge on any atom is -0.370 e. The second kappa shape index (κ2) is 4.77. The fraction of sp³-hybridized carbons (Fsp3) is 0.333. The van der Waals surface area contributed by atoms with Crippen LogP contribution in [0.2, 0.25) is 0 Å². The van der Waals surface area contributed by atoms with Crippen LogP contribution in [-0.2, 0) is 16.1 Å². The van der Waals surface area contributed by atoms with Crippen molar-refractivity contribution in [2.45, 2.75) is 6.54 Å². The number of carbonyl (C=O) groups excluding carboxylic acids is 1. The predicted octanol–water partition coefficient (Wildman–Crippen LogP) is 0.422. The Balaban J connectivity index is 2.03. The van der Waals surface area contributed by atoms with Gasteiger partial charge in [-0.1, -0.05) is 12.0 Å². The third kappa shape index (κ3) is 2.38. The number of amides is 1. The van der Waals surface area contributed by atoms with Crippen LogP contribution in [0.25, 0.3) is 0 Å². The van der Waals surface area contributed by atoms with Gasteiger partial charge in [-0.2, -0.15) is 0 Å². The monoisotopic (exact) mass is 216 g/mol. The Bertz CT molecular complexity index is 420. The van der Waals surface area contributed by atoms with Gasteiger partial charge >= 0.3 is 0 Å². The van der Waals surface area contributed by atoms with Crippen LogP contribution in [0.3, 0.4) is 0 Å². The van der Waals surface area contributed by atoms with Crippen molar-refractivity contribution in [2.75, 3.05) is 19.8 Å². The first-order valence-electron chi connectivity index (χ1n) is 5.06. The molecule has 0 radical (unpaired) electrons. The highest BCUT2D eigenvalue weighted by molar-refractivity contribution is 5.77. The fourth-order valence-corrected chi connectivity index (χ4v) is 1.54. The second-order valence-electron chi connectivity index (χ2n) is 3.56. The number of carbonyl (C=O) groups is 1. The molecule has 1 fully saturated rings. The summed E-state index contributed by atoms with van der Waals surface area (Å²) in [6.45, 7) is 1.98. The van der Waals surface area contributed by atoms with E-state index in [-0.39, 0.29) is 12.5 Å². The molecule has 1 amide bonds. The lowest BCUT2D eigenvalue weighted by atomic mass is 10.2. The number of hydrogen-bond acceptors (Lipinski definition) is 3. The SMILES string of the molecule is C#Cc1ccc(CN2CCOCC2=O)cn1. The van der Waals surface area contributed by atoms with Crippen molar-refractivity contribution in [1.82, 2.24) is 9.88 Å². The molecule has 1 aromatic heterocycles. The quantitative estimate of drug-likeness (QED) is 0.673. The summed E-state index contributed by atoms with van der Waals surface area (Å²) < 4.78 is 5.05. The number of terminal acetylenes is 1. The van der Waals surface area contributed by atoms with Crippen LogP contribution in [-0.4, -0.2) is 35.5 Å². The van der Waals surface area contributed by atoms with Crippen LogP contribution in [0.1, 0.15) is 11.3 Å². The Hall–Kier alpha value is -1.86. The molecular weight excluding hydrogens is 204 g/mol. The van der Waals surface area contributed by atoms with Crippen molar-refractivity contribution in [3.63, 3.8) is 0 Å². The largest absolute Gasteiger partial charge is 0.370 e. The van der Waals surface area contributed by atoms with E-state index in [4.69, 9.17) is 11.2 Å². The fourth-order valence-electron chi connectivity index (χ4n) is 1.54. The van der Waals surface area contributed by atoms with Gasteiger partial charge in [-0.25, -0.2) is 4.98 Å². The zero-order chi connectivity index (χ0) is 11.4. The number of hydrogen-bond donors (Lipinski definition) is 0. The van der Waals surface area contributed by atoms with Crippen molar-refractivity contribution < 1.29 is 9.53 Å². The molecule has 0 aliphatic carbocycles. The number of ether oxygens (including phenoxy) is 1. The maximum atomic E-state index is 11.5. The van der Waals surface area contributed by atoms with E-state index in [0.717, 1.165) is 5.56 Å². The van der Waals surface area contributed by atoms with Gasteiger partial charge in [0.25, 0.3) is 0 Å². The summed E-state index contributed by atoms with van der Waals surface area (Å²) in [4.78, 5) is 17.3. The Morgan fingerprint density at radius 3 is 3.06 bits per heavy atom. The highest BCUT2D eigenvalue weighted by Gasteiger charge is 2.18. The van der Waals surface area contributed by atoms with E-state index >= 15 is 0 Å². The van der Waals surface area contributed by atoms with Crippen LogP contribution in [0.5, 0.6) is 0 Å². The van der Waals surface area contributed by atoms with Gasteiger partial charge in [0, 0.05) is 19.3 Å².